The SMILES string of the molecule is CC(=O)Oc1cc([N+](=O)[O-])ccc1C(Cl)Cl. The Morgan fingerprint density at radius 1 is 1.50 bits per heavy atom. The Balaban J connectivity index is 3.20. The quantitative estimate of drug-likeness (QED) is 0.276. The fourth-order valence-electron chi connectivity index (χ4n) is 1.06. The summed E-state index contributed by atoms with van der Waals surface area (Å²) >= 11 is 11.3. The van der Waals surface area contributed by atoms with Gasteiger partial charge in [-0.15, -0.1) is 0 Å². The van der Waals surface area contributed by atoms with E-state index in [2.05, 4.69) is 0 Å². The lowest BCUT2D eigenvalue weighted by molar-refractivity contribution is -0.384. The zero-order valence-electron chi connectivity index (χ0n) is 8.15. The maximum Gasteiger partial charge on any atom is 0.308 e. The minimum atomic E-state index is -0.921. The van der Waals surface area contributed by atoms with Crippen molar-refractivity contribution in [2.75, 3.05) is 0 Å². The average molecular weight is 264 g/mol. The first-order valence-corrected chi connectivity index (χ1v) is 5.04. The number of carbonyl (C=O) groups excluding carboxylic acids is 1. The van der Waals surface area contributed by atoms with Crippen LogP contribution in [-0.4, -0.2) is 10.9 Å². The first kappa shape index (κ1) is 12.7. The number of non-ortho nitro benzene ring substituents is 1. The molecule has 0 N–H and O–H groups in total. The van der Waals surface area contributed by atoms with Crippen LogP contribution in [0.3, 0.4) is 0 Å². The van der Waals surface area contributed by atoms with Crippen LogP contribution >= 0.6 is 23.2 Å². The van der Waals surface area contributed by atoms with E-state index in [-0.39, 0.29) is 11.4 Å². The van der Waals surface area contributed by atoms with Gasteiger partial charge in [-0.05, 0) is 6.07 Å². The van der Waals surface area contributed by atoms with Gasteiger partial charge in [0.15, 0.2) is 0 Å². The molecule has 0 aliphatic rings. The molecule has 0 aromatic heterocycles. The molecule has 0 bridgehead atoms. The third-order valence-corrected chi connectivity index (χ3v) is 2.17. The smallest absolute Gasteiger partial charge is 0.308 e. The number of rotatable bonds is 3. The lowest BCUT2D eigenvalue weighted by Gasteiger charge is -2.08. The van der Waals surface area contributed by atoms with Crippen LogP contribution in [0.15, 0.2) is 18.2 Å². The lowest BCUT2D eigenvalue weighted by atomic mass is 10.2. The van der Waals surface area contributed by atoms with Gasteiger partial charge in [-0.2, -0.15) is 0 Å². The molecule has 1 aromatic carbocycles. The molecule has 0 amide bonds. The lowest BCUT2D eigenvalue weighted by Crippen LogP contribution is -2.04. The molecule has 7 heteroatoms. The zero-order chi connectivity index (χ0) is 12.3. The Bertz CT molecular complexity index is 434. The van der Waals surface area contributed by atoms with Crippen molar-refractivity contribution in [1.82, 2.24) is 0 Å². The summed E-state index contributed by atoms with van der Waals surface area (Å²) in [4.78, 5) is 19.8. The van der Waals surface area contributed by atoms with Crippen molar-refractivity contribution in [2.45, 2.75) is 11.8 Å². The van der Waals surface area contributed by atoms with Crippen molar-refractivity contribution in [3.8, 4) is 5.75 Å². The summed E-state index contributed by atoms with van der Waals surface area (Å²) in [6, 6.07) is 3.69. The molecule has 0 heterocycles. The summed E-state index contributed by atoms with van der Waals surface area (Å²) in [6.07, 6.45) is 0. The number of nitro groups is 1. The average Bonchev–Trinajstić information content (AvgIpc) is 2.15. The topological polar surface area (TPSA) is 69.4 Å². The van der Waals surface area contributed by atoms with Crippen molar-refractivity contribution < 1.29 is 14.5 Å². The molecule has 0 aliphatic carbocycles. The largest absolute Gasteiger partial charge is 0.426 e. The fraction of sp³-hybridized carbons (Fsp3) is 0.222. The number of ether oxygens (including phenoxy) is 1. The number of hydrogen-bond donors (Lipinski definition) is 0. The van der Waals surface area contributed by atoms with Crippen LogP contribution in [0, 0.1) is 10.1 Å². The van der Waals surface area contributed by atoms with Crippen LogP contribution in [-0.2, 0) is 4.79 Å². The van der Waals surface area contributed by atoms with Crippen molar-refractivity contribution >= 4 is 34.9 Å². The number of alkyl halides is 2. The van der Waals surface area contributed by atoms with Gasteiger partial charge < -0.3 is 4.74 Å². The first-order valence-electron chi connectivity index (χ1n) is 4.16. The van der Waals surface area contributed by atoms with Crippen LogP contribution < -0.4 is 4.74 Å². The van der Waals surface area contributed by atoms with Gasteiger partial charge in [0.1, 0.15) is 10.6 Å². The van der Waals surface area contributed by atoms with Crippen molar-refractivity contribution in [2.24, 2.45) is 0 Å². The van der Waals surface area contributed by atoms with Crippen LogP contribution in [0.4, 0.5) is 5.69 Å². The van der Waals surface area contributed by atoms with E-state index in [0.717, 1.165) is 6.07 Å². The predicted octanol–water partition coefficient (Wildman–Crippen LogP) is 3.00. The van der Waals surface area contributed by atoms with E-state index < -0.39 is 15.7 Å². The van der Waals surface area contributed by atoms with Crippen LogP contribution in [0.2, 0.25) is 0 Å². The molecule has 0 aliphatic heterocycles. The molecule has 0 saturated carbocycles. The molecular formula is C9H7Cl2NO4. The molecular weight excluding hydrogens is 257 g/mol. The summed E-state index contributed by atoms with van der Waals surface area (Å²) in [5, 5.41) is 10.5. The van der Waals surface area contributed by atoms with Gasteiger partial charge in [0.2, 0.25) is 0 Å². The number of nitro benzene ring substituents is 1. The summed E-state index contributed by atoms with van der Waals surface area (Å²) in [5.74, 6) is -0.604. The molecule has 0 unspecified atom stereocenters. The van der Waals surface area contributed by atoms with E-state index in [4.69, 9.17) is 27.9 Å². The number of nitrogens with zero attached hydrogens (tertiary/aromatic N) is 1. The molecule has 1 aromatic rings. The van der Waals surface area contributed by atoms with Crippen LogP contribution in [0.25, 0.3) is 0 Å². The predicted molar refractivity (Wildman–Crippen MR) is 58.9 cm³/mol. The number of halogens is 2. The summed E-state index contributed by atoms with van der Waals surface area (Å²) in [7, 11) is 0. The minimum absolute atomic E-state index is 0.00306. The van der Waals surface area contributed by atoms with E-state index in [1.54, 1.807) is 0 Å². The van der Waals surface area contributed by atoms with Gasteiger partial charge in [-0.25, -0.2) is 0 Å². The maximum atomic E-state index is 10.8. The van der Waals surface area contributed by atoms with Crippen LogP contribution in [0.1, 0.15) is 17.3 Å². The van der Waals surface area contributed by atoms with Crippen molar-refractivity contribution in [3.05, 3.63) is 33.9 Å². The molecule has 86 valence electrons. The van der Waals surface area contributed by atoms with Gasteiger partial charge in [-0.1, -0.05) is 23.2 Å². The third kappa shape index (κ3) is 3.08. The fourth-order valence-corrected chi connectivity index (χ4v) is 1.42. The van der Waals surface area contributed by atoms with E-state index in [1.165, 1.54) is 19.1 Å². The molecule has 5 nitrogen and oxygen atoms in total. The second kappa shape index (κ2) is 5.14. The van der Waals surface area contributed by atoms with Gasteiger partial charge in [0.25, 0.3) is 5.69 Å². The Morgan fingerprint density at radius 3 is 2.56 bits per heavy atom. The number of hydrogen-bond acceptors (Lipinski definition) is 4. The van der Waals surface area contributed by atoms with E-state index >= 15 is 0 Å². The Kier molecular flexibility index (Phi) is 4.09. The number of carbonyl (C=O) groups is 1. The Hall–Kier alpha value is -1.33. The number of benzene rings is 1. The van der Waals surface area contributed by atoms with Gasteiger partial charge in [0, 0.05) is 18.6 Å². The number of esters is 1. The van der Waals surface area contributed by atoms with Crippen LogP contribution in [0.5, 0.6) is 5.75 Å². The highest BCUT2D eigenvalue weighted by atomic mass is 35.5. The molecule has 16 heavy (non-hydrogen) atoms. The third-order valence-electron chi connectivity index (χ3n) is 1.70. The maximum absolute atomic E-state index is 10.8. The molecule has 0 saturated heterocycles. The van der Waals surface area contributed by atoms with Gasteiger partial charge >= 0.3 is 5.97 Å². The molecule has 1 rings (SSSR count). The first-order chi connectivity index (χ1) is 7.41. The van der Waals surface area contributed by atoms with Gasteiger partial charge in [0.05, 0.1) is 11.0 Å². The monoisotopic (exact) mass is 263 g/mol. The Morgan fingerprint density at radius 2 is 2.12 bits per heavy atom. The van der Waals surface area contributed by atoms with E-state index in [1.807, 2.05) is 0 Å². The highest BCUT2D eigenvalue weighted by Crippen LogP contribution is 2.35. The molecule has 0 spiro atoms. The highest BCUT2D eigenvalue weighted by molar-refractivity contribution is 6.44. The minimum Gasteiger partial charge on any atom is -0.426 e. The van der Waals surface area contributed by atoms with Gasteiger partial charge in [-0.3, -0.25) is 14.9 Å². The van der Waals surface area contributed by atoms with E-state index in [0.29, 0.717) is 5.56 Å². The van der Waals surface area contributed by atoms with E-state index in [9.17, 15) is 14.9 Å². The second-order valence-electron chi connectivity index (χ2n) is 2.87. The summed E-state index contributed by atoms with van der Waals surface area (Å²) < 4.78 is 4.79. The summed E-state index contributed by atoms with van der Waals surface area (Å²) in [5.41, 5.74) is 0.109. The Labute approximate surface area is 101 Å². The molecule has 0 atom stereocenters. The summed E-state index contributed by atoms with van der Waals surface area (Å²) in [6.45, 7) is 1.18. The van der Waals surface area contributed by atoms with Crippen molar-refractivity contribution in [1.29, 1.82) is 0 Å². The zero-order valence-corrected chi connectivity index (χ0v) is 9.66. The highest BCUT2D eigenvalue weighted by Gasteiger charge is 2.17. The second-order valence-corrected chi connectivity index (χ2v) is 3.97. The van der Waals surface area contributed by atoms with Crippen molar-refractivity contribution in [3.63, 3.8) is 0 Å². The standard InChI is InChI=1S/C9H7Cl2NO4/c1-5(13)16-8-4-6(12(14)15)2-3-7(8)9(10)11/h2-4,9H,1H3. The molecule has 0 fully saturated rings. The molecule has 0 radical (unpaired) electrons. The normalized spacial score (nSPS) is 10.2.